The molecule has 2 heterocycles. The first-order valence-electron chi connectivity index (χ1n) is 7.70. The van der Waals surface area contributed by atoms with Crippen LogP contribution in [0.25, 0.3) is 0 Å². The minimum absolute atomic E-state index is 0.219. The van der Waals surface area contributed by atoms with Gasteiger partial charge in [-0.25, -0.2) is 0 Å². The highest BCUT2D eigenvalue weighted by Gasteiger charge is 2.30. The third-order valence-electron chi connectivity index (χ3n) is 3.82. The maximum atomic E-state index is 11.3. The normalized spacial score (nSPS) is 24.7. The summed E-state index contributed by atoms with van der Waals surface area (Å²) in [5.74, 6) is -0.914. The maximum Gasteiger partial charge on any atom is 0.244 e. The van der Waals surface area contributed by atoms with Gasteiger partial charge in [-0.3, -0.25) is 29.8 Å². The predicted octanol–water partition coefficient (Wildman–Crippen LogP) is -1.44. The van der Waals surface area contributed by atoms with Crippen LogP contribution in [0.2, 0.25) is 0 Å². The van der Waals surface area contributed by atoms with Crippen molar-refractivity contribution in [1.82, 2.24) is 21.3 Å². The quantitative estimate of drug-likeness (QED) is 0.306. The van der Waals surface area contributed by atoms with E-state index in [0.717, 1.165) is 25.7 Å². The predicted molar refractivity (Wildman–Crippen MR) is 77.6 cm³/mol. The maximum absolute atomic E-state index is 11.3. The smallest absolute Gasteiger partial charge is 0.244 e. The zero-order valence-electron chi connectivity index (χ0n) is 12.4. The molecule has 0 bridgehead atoms. The van der Waals surface area contributed by atoms with E-state index in [4.69, 9.17) is 0 Å². The van der Waals surface area contributed by atoms with Gasteiger partial charge in [-0.15, -0.1) is 0 Å². The van der Waals surface area contributed by atoms with Crippen LogP contribution < -0.4 is 21.3 Å². The Balaban J connectivity index is 1.43. The van der Waals surface area contributed by atoms with Gasteiger partial charge in [-0.2, -0.15) is 0 Å². The standard InChI is InChI=1S/C14H22N4O4/c19-11-7-9(13(21)17-11)15-5-3-1-2-4-6-16-10-8-12(20)18-14(10)22/h9-10,15-16H,1-8H2,(H,17,19,21)(H,18,20,22). The van der Waals surface area contributed by atoms with Crippen LogP contribution in [0.1, 0.15) is 38.5 Å². The number of unbranched alkanes of at least 4 members (excludes halogenated alkanes) is 3. The van der Waals surface area contributed by atoms with Gasteiger partial charge in [0, 0.05) is 0 Å². The lowest BCUT2D eigenvalue weighted by atomic mass is 10.1. The molecule has 0 aromatic rings. The van der Waals surface area contributed by atoms with Crippen LogP contribution in [0.5, 0.6) is 0 Å². The number of imide groups is 2. The van der Waals surface area contributed by atoms with Gasteiger partial charge in [0.05, 0.1) is 24.9 Å². The van der Waals surface area contributed by atoms with Crippen molar-refractivity contribution in [1.29, 1.82) is 0 Å². The Hall–Kier alpha value is -1.80. The highest BCUT2D eigenvalue weighted by atomic mass is 16.2. The first-order valence-corrected chi connectivity index (χ1v) is 7.70. The molecule has 2 unspecified atom stereocenters. The van der Waals surface area contributed by atoms with E-state index in [0.29, 0.717) is 13.1 Å². The van der Waals surface area contributed by atoms with Gasteiger partial charge in [0.25, 0.3) is 0 Å². The molecule has 0 aliphatic carbocycles. The van der Waals surface area contributed by atoms with Gasteiger partial charge in [-0.1, -0.05) is 12.8 Å². The molecule has 4 N–H and O–H groups in total. The zero-order valence-corrected chi connectivity index (χ0v) is 12.4. The Morgan fingerprint density at radius 3 is 1.45 bits per heavy atom. The average Bonchev–Trinajstić information content (AvgIpc) is 2.94. The lowest BCUT2D eigenvalue weighted by molar-refractivity contribution is -0.126. The molecular formula is C14H22N4O4. The van der Waals surface area contributed by atoms with Crippen LogP contribution in [-0.4, -0.2) is 48.8 Å². The Bertz CT molecular complexity index is 424. The molecule has 2 aliphatic rings. The number of nitrogens with one attached hydrogen (secondary N) is 4. The summed E-state index contributed by atoms with van der Waals surface area (Å²) in [5, 5.41) is 10.7. The molecule has 8 nitrogen and oxygen atoms in total. The second-order valence-electron chi connectivity index (χ2n) is 5.66. The van der Waals surface area contributed by atoms with Crippen LogP contribution in [0.3, 0.4) is 0 Å². The summed E-state index contributed by atoms with van der Waals surface area (Å²) < 4.78 is 0. The summed E-state index contributed by atoms with van der Waals surface area (Å²) in [6.45, 7) is 1.41. The fourth-order valence-electron chi connectivity index (χ4n) is 2.59. The second-order valence-corrected chi connectivity index (χ2v) is 5.66. The fourth-order valence-corrected chi connectivity index (χ4v) is 2.59. The van der Waals surface area contributed by atoms with Gasteiger partial charge < -0.3 is 10.6 Å². The van der Waals surface area contributed by atoms with Crippen LogP contribution in [-0.2, 0) is 19.2 Å². The van der Waals surface area contributed by atoms with Crippen LogP contribution in [0.15, 0.2) is 0 Å². The van der Waals surface area contributed by atoms with Crippen molar-refractivity contribution in [3.63, 3.8) is 0 Å². The van der Waals surface area contributed by atoms with E-state index in [2.05, 4.69) is 21.3 Å². The number of hydrogen-bond acceptors (Lipinski definition) is 6. The Labute approximate surface area is 128 Å². The highest BCUT2D eigenvalue weighted by Crippen LogP contribution is 2.04. The minimum atomic E-state index is -0.382. The SMILES string of the molecule is O=C1CC(NCCCCCCNC2CC(=O)NC2=O)C(=O)N1. The molecule has 2 rings (SSSR count). The van der Waals surface area contributed by atoms with Crippen molar-refractivity contribution in [3.8, 4) is 0 Å². The van der Waals surface area contributed by atoms with Crippen molar-refractivity contribution in [3.05, 3.63) is 0 Å². The molecule has 0 aromatic heterocycles. The molecule has 0 radical (unpaired) electrons. The van der Waals surface area contributed by atoms with E-state index in [1.165, 1.54) is 0 Å². The summed E-state index contributed by atoms with van der Waals surface area (Å²) in [5.41, 5.74) is 0. The molecule has 0 saturated carbocycles. The number of rotatable bonds is 9. The first kappa shape index (κ1) is 16.6. The Morgan fingerprint density at radius 2 is 1.14 bits per heavy atom. The minimum Gasteiger partial charge on any atom is -0.305 e. The Morgan fingerprint density at radius 1 is 0.727 bits per heavy atom. The van der Waals surface area contributed by atoms with E-state index in [1.54, 1.807) is 0 Å². The van der Waals surface area contributed by atoms with Gasteiger partial charge in [0.15, 0.2) is 0 Å². The molecule has 8 heteroatoms. The number of carbonyl (C=O) groups is 4. The van der Waals surface area contributed by atoms with Crippen LogP contribution in [0, 0.1) is 0 Å². The molecule has 0 aromatic carbocycles. The van der Waals surface area contributed by atoms with Crippen LogP contribution >= 0.6 is 0 Å². The van der Waals surface area contributed by atoms with E-state index < -0.39 is 0 Å². The summed E-state index contributed by atoms with van der Waals surface area (Å²) >= 11 is 0. The molecule has 4 amide bonds. The summed E-state index contributed by atoms with van der Waals surface area (Å²) in [6.07, 6.45) is 4.33. The lowest BCUT2D eigenvalue weighted by Crippen LogP contribution is -2.37. The lowest BCUT2D eigenvalue weighted by Gasteiger charge is -2.10. The number of hydrogen-bond donors (Lipinski definition) is 4. The third kappa shape index (κ3) is 4.88. The van der Waals surface area contributed by atoms with Crippen molar-refractivity contribution in [2.24, 2.45) is 0 Å². The largest absolute Gasteiger partial charge is 0.305 e. The van der Waals surface area contributed by atoms with E-state index in [9.17, 15) is 19.2 Å². The summed E-state index contributed by atoms with van der Waals surface area (Å²) in [4.78, 5) is 44.6. The molecule has 2 fully saturated rings. The average molecular weight is 310 g/mol. The van der Waals surface area contributed by atoms with Gasteiger partial charge in [-0.05, 0) is 25.9 Å². The molecule has 2 aliphatic heterocycles. The Kier molecular flexibility index (Phi) is 6.02. The first-order chi connectivity index (χ1) is 10.6. The molecular weight excluding hydrogens is 288 g/mol. The fraction of sp³-hybridized carbons (Fsp3) is 0.714. The van der Waals surface area contributed by atoms with E-state index in [-0.39, 0.29) is 48.6 Å². The third-order valence-corrected chi connectivity index (χ3v) is 3.82. The molecule has 122 valence electrons. The van der Waals surface area contributed by atoms with Crippen molar-refractivity contribution in [2.75, 3.05) is 13.1 Å². The topological polar surface area (TPSA) is 116 Å². The molecule has 0 spiro atoms. The second kappa shape index (κ2) is 8.00. The monoisotopic (exact) mass is 310 g/mol. The summed E-state index contributed by atoms with van der Waals surface area (Å²) in [7, 11) is 0. The van der Waals surface area contributed by atoms with Gasteiger partial charge in [0.2, 0.25) is 23.6 Å². The molecule has 2 atom stereocenters. The highest BCUT2D eigenvalue weighted by molar-refractivity contribution is 6.05. The molecule has 22 heavy (non-hydrogen) atoms. The molecule has 2 saturated heterocycles. The van der Waals surface area contributed by atoms with Crippen molar-refractivity contribution in [2.45, 2.75) is 50.6 Å². The number of carbonyl (C=O) groups excluding carboxylic acids is 4. The van der Waals surface area contributed by atoms with Gasteiger partial charge >= 0.3 is 0 Å². The van der Waals surface area contributed by atoms with E-state index in [1.807, 2.05) is 0 Å². The zero-order chi connectivity index (χ0) is 15.9. The van der Waals surface area contributed by atoms with E-state index >= 15 is 0 Å². The van der Waals surface area contributed by atoms with Crippen LogP contribution in [0.4, 0.5) is 0 Å². The van der Waals surface area contributed by atoms with Crippen molar-refractivity contribution < 1.29 is 19.2 Å². The van der Waals surface area contributed by atoms with Crippen molar-refractivity contribution >= 4 is 23.6 Å². The van der Waals surface area contributed by atoms with Gasteiger partial charge in [0.1, 0.15) is 0 Å². The summed E-state index contributed by atoms with van der Waals surface area (Å²) in [6, 6.07) is -0.764. The number of amides is 4.